The van der Waals surface area contributed by atoms with Crippen LogP contribution in [0, 0.1) is 0 Å². The first-order chi connectivity index (χ1) is 30.7. The summed E-state index contributed by atoms with van der Waals surface area (Å²) in [5, 5.41) is 4.39. The van der Waals surface area contributed by atoms with E-state index in [1.165, 1.54) is 16.7 Å². The van der Waals surface area contributed by atoms with Crippen molar-refractivity contribution in [2.75, 3.05) is 73.1 Å². The van der Waals surface area contributed by atoms with Gasteiger partial charge in [-0.1, -0.05) is 58.1 Å². The molecule has 0 radical (unpaired) electrons. The normalized spacial score (nSPS) is 17.1. The van der Waals surface area contributed by atoms with Gasteiger partial charge in [-0.15, -0.1) is 0 Å². The van der Waals surface area contributed by atoms with E-state index in [0.29, 0.717) is 46.7 Å². The molecule has 4 aromatic carbocycles. The predicted molar refractivity (Wildman–Crippen MR) is 260 cm³/mol. The highest BCUT2D eigenvalue weighted by molar-refractivity contribution is 7.80. The highest BCUT2D eigenvalue weighted by Crippen LogP contribution is 2.57. The standard InChI is InChI=1S/C51H65N5O5S2/c1-7-53(8-2)24-12-11-14-47(62)55-26-21-36-31-44-45-33-39(36)40(55)29-35-17-20-42(57-5)43(30-35)59-38-18-15-34(16-19-38)28-41-48-37(32-46(58-6)49(60-44)50(48)61-45)22-27-56(41)51(63)52-23-13-25-54(9-3)10-4/h15-20,30-33,40-41H,7-14,21-29H2,1-6H3,(H,52,63)/t40-,41-/m0/s1. The van der Waals surface area contributed by atoms with Gasteiger partial charge >= 0.3 is 0 Å². The third kappa shape index (κ3) is 9.75. The van der Waals surface area contributed by atoms with Crippen molar-refractivity contribution < 1.29 is 23.7 Å². The summed E-state index contributed by atoms with van der Waals surface area (Å²) in [6, 6.07) is 21.1. The van der Waals surface area contributed by atoms with Gasteiger partial charge in [-0.25, -0.2) is 0 Å². The van der Waals surface area contributed by atoms with Gasteiger partial charge in [0.05, 0.1) is 31.3 Å². The van der Waals surface area contributed by atoms with Gasteiger partial charge in [0.1, 0.15) is 5.75 Å². The summed E-state index contributed by atoms with van der Waals surface area (Å²) < 4.78 is 32.7. The van der Waals surface area contributed by atoms with Gasteiger partial charge < -0.3 is 48.6 Å². The van der Waals surface area contributed by atoms with Crippen LogP contribution in [0.1, 0.15) is 98.8 Å². The number of hydrogen-bond donors (Lipinski definition) is 1. The number of nitrogens with zero attached hydrogens (tertiary/aromatic N) is 4. The van der Waals surface area contributed by atoms with Crippen LogP contribution in [-0.4, -0.2) is 103 Å². The first-order valence-electron chi connectivity index (χ1n) is 23.2. The third-order valence-corrected chi connectivity index (χ3v) is 14.3. The van der Waals surface area contributed by atoms with Crippen LogP contribution in [0.3, 0.4) is 0 Å². The minimum atomic E-state index is -0.135. The number of nitrogens with one attached hydrogen (secondary N) is 1. The Bertz CT molecular complexity index is 2260. The first-order valence-corrected chi connectivity index (χ1v) is 24.1. The lowest BCUT2D eigenvalue weighted by Crippen LogP contribution is -2.46. The maximum atomic E-state index is 7.21. The molecular formula is C51H65N5O5S2. The third-order valence-electron chi connectivity index (χ3n) is 13.5. The molecule has 0 aliphatic carbocycles. The second kappa shape index (κ2) is 20.5. The number of benzene rings is 4. The van der Waals surface area contributed by atoms with E-state index in [2.05, 4.69) is 107 Å². The molecule has 5 heterocycles. The molecule has 336 valence electrons. The van der Waals surface area contributed by atoms with Crippen LogP contribution >= 0.6 is 24.4 Å². The van der Waals surface area contributed by atoms with Gasteiger partial charge in [-0.3, -0.25) is 0 Å². The summed E-state index contributed by atoms with van der Waals surface area (Å²) in [5.41, 5.74) is 6.99. The summed E-state index contributed by atoms with van der Waals surface area (Å²) in [6.07, 6.45) is 7.12. The molecule has 9 rings (SSSR count). The average Bonchev–Trinajstić information content (AvgIpc) is 3.30. The summed E-state index contributed by atoms with van der Waals surface area (Å²) in [7, 11) is 3.40. The molecule has 2 atom stereocenters. The van der Waals surface area contributed by atoms with E-state index < -0.39 is 0 Å². The van der Waals surface area contributed by atoms with Crippen molar-refractivity contribution in [3.63, 3.8) is 0 Å². The van der Waals surface area contributed by atoms with Crippen LogP contribution in [0.15, 0.2) is 60.7 Å². The minimum Gasteiger partial charge on any atom is -0.493 e. The number of rotatable bonds is 15. The molecule has 1 N–H and O–H groups in total. The van der Waals surface area contributed by atoms with E-state index in [1.54, 1.807) is 14.2 Å². The zero-order valence-corrected chi connectivity index (χ0v) is 39.7. The Morgan fingerprint density at radius 1 is 0.667 bits per heavy atom. The lowest BCUT2D eigenvalue weighted by atomic mass is 9.86. The predicted octanol–water partition coefficient (Wildman–Crippen LogP) is 10.4. The van der Waals surface area contributed by atoms with Gasteiger partial charge in [-0.05, 0) is 173 Å². The molecule has 5 aliphatic rings. The van der Waals surface area contributed by atoms with E-state index in [1.807, 2.05) is 6.07 Å². The number of thiocarbonyl (C=S) groups is 2. The number of hydrogen-bond acceptors (Lipinski definition) is 9. The van der Waals surface area contributed by atoms with Crippen molar-refractivity contribution in [3.05, 3.63) is 94.0 Å². The molecule has 12 heteroatoms. The summed E-state index contributed by atoms with van der Waals surface area (Å²) >= 11 is 12.6. The Hall–Kier alpha value is -4.62. The summed E-state index contributed by atoms with van der Waals surface area (Å²) in [6.45, 7) is 17.6. The SMILES string of the molecule is CCN(CC)CCCCC(=S)N1CCc2cc3c4cc2[C@@H]1Cc1ccc(OC)c(c1)Oc1ccc(cc1)C[C@H]1c2c(cc(OC)c(c2O4)O3)CCN1C(=S)NCCCN(CC)CC. The lowest BCUT2D eigenvalue weighted by molar-refractivity contribution is 0.267. The van der Waals surface area contributed by atoms with Crippen molar-refractivity contribution in [2.24, 2.45) is 0 Å². The van der Waals surface area contributed by atoms with Gasteiger partial charge in [0, 0.05) is 25.2 Å². The molecule has 5 aliphatic heterocycles. The zero-order valence-electron chi connectivity index (χ0n) is 38.1. The average molecular weight is 892 g/mol. The van der Waals surface area contributed by atoms with Gasteiger partial charge in [-0.2, -0.15) is 0 Å². The molecular weight excluding hydrogens is 827 g/mol. The smallest absolute Gasteiger partial charge is 0.212 e. The van der Waals surface area contributed by atoms with Crippen molar-refractivity contribution in [3.8, 4) is 46.0 Å². The van der Waals surface area contributed by atoms with E-state index in [-0.39, 0.29) is 12.1 Å². The van der Waals surface area contributed by atoms with Crippen LogP contribution in [0.5, 0.6) is 46.0 Å². The van der Waals surface area contributed by atoms with Crippen LogP contribution in [-0.2, 0) is 25.7 Å². The lowest BCUT2D eigenvalue weighted by Gasteiger charge is -2.42. The molecule has 0 saturated heterocycles. The second-order valence-corrected chi connectivity index (χ2v) is 17.9. The molecule has 10 nitrogen and oxygen atoms in total. The molecule has 0 amide bonds. The molecule has 63 heavy (non-hydrogen) atoms. The van der Waals surface area contributed by atoms with E-state index in [0.717, 1.165) is 136 Å². The minimum absolute atomic E-state index is 0.0219. The fourth-order valence-electron chi connectivity index (χ4n) is 9.85. The maximum Gasteiger partial charge on any atom is 0.212 e. The molecule has 0 aromatic heterocycles. The van der Waals surface area contributed by atoms with Crippen LogP contribution in [0.4, 0.5) is 0 Å². The summed E-state index contributed by atoms with van der Waals surface area (Å²) in [4.78, 5) is 10.8. The molecule has 7 bridgehead atoms. The van der Waals surface area contributed by atoms with Gasteiger partial charge in [0.15, 0.2) is 39.6 Å². The number of unbranched alkanes of at least 4 members (excludes halogenated alkanes) is 1. The molecule has 4 aromatic rings. The fraction of sp³-hybridized carbons (Fsp3) is 0.490. The molecule has 0 saturated carbocycles. The molecule has 0 spiro atoms. The Kier molecular flexibility index (Phi) is 14.6. The Morgan fingerprint density at radius 3 is 2.05 bits per heavy atom. The van der Waals surface area contributed by atoms with Crippen LogP contribution < -0.4 is 29.0 Å². The van der Waals surface area contributed by atoms with Gasteiger partial charge in [0.2, 0.25) is 5.75 Å². The van der Waals surface area contributed by atoms with Crippen LogP contribution in [0.25, 0.3) is 0 Å². The highest BCUT2D eigenvalue weighted by Gasteiger charge is 2.39. The van der Waals surface area contributed by atoms with Gasteiger partial charge in [0.25, 0.3) is 0 Å². The monoisotopic (exact) mass is 891 g/mol. The fourth-order valence-corrected chi connectivity index (χ4v) is 10.5. The van der Waals surface area contributed by atoms with E-state index >= 15 is 0 Å². The quantitative estimate of drug-likeness (QED) is 0.0804. The van der Waals surface area contributed by atoms with E-state index in [4.69, 9.17) is 48.1 Å². The second-order valence-electron chi connectivity index (χ2n) is 17.1. The topological polar surface area (TPSA) is 71.1 Å². The maximum absolute atomic E-state index is 7.21. The zero-order chi connectivity index (χ0) is 44.0. The Labute approximate surface area is 385 Å². The highest BCUT2D eigenvalue weighted by atomic mass is 32.1. The van der Waals surface area contributed by atoms with Crippen molar-refractivity contribution in [1.82, 2.24) is 24.9 Å². The van der Waals surface area contributed by atoms with Crippen molar-refractivity contribution in [1.29, 1.82) is 0 Å². The number of methoxy groups -OCH3 is 2. The Morgan fingerprint density at radius 2 is 1.32 bits per heavy atom. The molecule has 0 fully saturated rings. The van der Waals surface area contributed by atoms with E-state index in [9.17, 15) is 0 Å². The first kappa shape index (κ1) is 45.0. The largest absolute Gasteiger partial charge is 0.493 e. The molecule has 0 unspecified atom stereocenters. The number of fused-ring (bicyclic) bond motifs is 2. The Balaban J connectivity index is 1.20. The summed E-state index contributed by atoms with van der Waals surface area (Å²) in [5.74, 6) is 5.49. The van der Waals surface area contributed by atoms with Crippen LogP contribution in [0.2, 0.25) is 0 Å². The van der Waals surface area contributed by atoms with Crippen molar-refractivity contribution >= 4 is 34.5 Å². The van der Waals surface area contributed by atoms with Crippen molar-refractivity contribution in [2.45, 2.75) is 91.1 Å². The number of ether oxygens (including phenoxy) is 5.